The first kappa shape index (κ1) is 16.9. The summed E-state index contributed by atoms with van der Waals surface area (Å²) in [7, 11) is 0. The highest BCUT2D eigenvalue weighted by Crippen LogP contribution is 2.26. The molecule has 7 nitrogen and oxygen atoms in total. The van der Waals surface area contributed by atoms with E-state index in [4.69, 9.17) is 16.0 Å². The molecule has 3 aromatic rings. The monoisotopic (exact) mass is 358 g/mol. The van der Waals surface area contributed by atoms with E-state index in [1.165, 1.54) is 12.1 Å². The summed E-state index contributed by atoms with van der Waals surface area (Å²) in [5.74, 6) is 0.488. The summed E-state index contributed by atoms with van der Waals surface area (Å²) >= 11 is 5.98. The summed E-state index contributed by atoms with van der Waals surface area (Å²) in [5.41, 5.74) is 0.760. The number of carbonyl (C=O) groups excluding carboxylic acids is 1. The van der Waals surface area contributed by atoms with Crippen LogP contribution in [0.4, 0.5) is 0 Å². The minimum Gasteiger partial charge on any atom is -0.435 e. The average Bonchev–Trinajstić information content (AvgIpc) is 3.07. The average molecular weight is 359 g/mol. The number of oxazole rings is 1. The Morgan fingerprint density at radius 1 is 1.32 bits per heavy atom. The second-order valence-corrected chi connectivity index (χ2v) is 5.64. The van der Waals surface area contributed by atoms with E-state index in [0.29, 0.717) is 23.0 Å². The standard InChI is InChI=1S/C17H15ClN4O3/c1-2-19-15(23)10-22-16(24)7-6-13(21-22)17-20-9-14(25-17)11-4-3-5-12(18)8-11/h3-9H,2,10H2,1H3,(H,19,23). The van der Waals surface area contributed by atoms with Gasteiger partial charge in [0.2, 0.25) is 11.8 Å². The molecule has 25 heavy (non-hydrogen) atoms. The molecule has 0 aliphatic rings. The SMILES string of the molecule is CCNC(=O)Cn1nc(-c2ncc(-c3cccc(Cl)c3)o2)ccc1=O. The van der Waals surface area contributed by atoms with Crippen LogP contribution in [0.2, 0.25) is 5.02 Å². The third-order valence-electron chi connectivity index (χ3n) is 3.37. The molecule has 0 radical (unpaired) electrons. The van der Waals surface area contributed by atoms with E-state index in [0.717, 1.165) is 10.2 Å². The van der Waals surface area contributed by atoms with Crippen molar-refractivity contribution in [2.45, 2.75) is 13.5 Å². The number of amides is 1. The molecule has 0 bridgehead atoms. The third-order valence-corrected chi connectivity index (χ3v) is 3.60. The molecule has 0 saturated carbocycles. The number of hydrogen-bond donors (Lipinski definition) is 1. The maximum atomic E-state index is 11.9. The molecule has 1 amide bonds. The minimum absolute atomic E-state index is 0.164. The quantitative estimate of drug-likeness (QED) is 0.756. The largest absolute Gasteiger partial charge is 0.435 e. The fourth-order valence-corrected chi connectivity index (χ4v) is 2.42. The van der Waals surface area contributed by atoms with E-state index in [1.54, 1.807) is 25.3 Å². The van der Waals surface area contributed by atoms with Gasteiger partial charge in [0.25, 0.3) is 5.56 Å². The van der Waals surface area contributed by atoms with Crippen molar-refractivity contribution in [3.63, 3.8) is 0 Å². The Morgan fingerprint density at radius 2 is 2.16 bits per heavy atom. The first-order valence-electron chi connectivity index (χ1n) is 7.64. The van der Waals surface area contributed by atoms with Crippen molar-refractivity contribution in [1.82, 2.24) is 20.1 Å². The van der Waals surface area contributed by atoms with Crippen molar-refractivity contribution < 1.29 is 9.21 Å². The molecule has 1 N–H and O–H groups in total. The van der Waals surface area contributed by atoms with Gasteiger partial charge in [0.15, 0.2) is 5.76 Å². The molecule has 0 atom stereocenters. The Hall–Kier alpha value is -2.93. The van der Waals surface area contributed by atoms with Crippen molar-refractivity contribution in [2.24, 2.45) is 0 Å². The zero-order valence-electron chi connectivity index (χ0n) is 13.4. The number of aromatic nitrogens is 3. The van der Waals surface area contributed by atoms with Gasteiger partial charge in [-0.1, -0.05) is 23.7 Å². The van der Waals surface area contributed by atoms with E-state index < -0.39 is 0 Å². The normalized spacial score (nSPS) is 10.6. The Balaban J connectivity index is 1.90. The van der Waals surface area contributed by atoms with Crippen LogP contribution in [0.3, 0.4) is 0 Å². The number of halogens is 1. The number of nitrogens with zero attached hydrogens (tertiary/aromatic N) is 3. The predicted octanol–water partition coefficient (Wildman–Crippen LogP) is 2.35. The second-order valence-electron chi connectivity index (χ2n) is 5.21. The van der Waals surface area contributed by atoms with Crippen LogP contribution >= 0.6 is 11.6 Å². The maximum absolute atomic E-state index is 11.9. The van der Waals surface area contributed by atoms with E-state index in [-0.39, 0.29) is 23.9 Å². The van der Waals surface area contributed by atoms with Crippen LogP contribution in [0.25, 0.3) is 22.9 Å². The van der Waals surface area contributed by atoms with Crippen LogP contribution in [0.15, 0.2) is 51.8 Å². The minimum atomic E-state index is -0.378. The summed E-state index contributed by atoms with van der Waals surface area (Å²) in [6.07, 6.45) is 1.56. The van der Waals surface area contributed by atoms with Crippen LogP contribution in [0, 0.1) is 0 Å². The molecule has 2 heterocycles. The fraction of sp³-hybridized carbons (Fsp3) is 0.176. The van der Waals surface area contributed by atoms with Crippen molar-refractivity contribution >= 4 is 17.5 Å². The highest BCUT2D eigenvalue weighted by Gasteiger charge is 2.13. The van der Waals surface area contributed by atoms with Gasteiger partial charge in [-0.2, -0.15) is 5.10 Å². The van der Waals surface area contributed by atoms with Crippen molar-refractivity contribution in [2.75, 3.05) is 6.54 Å². The van der Waals surface area contributed by atoms with Crippen molar-refractivity contribution in [3.05, 3.63) is 58.0 Å². The first-order chi connectivity index (χ1) is 12.1. The summed E-state index contributed by atoms with van der Waals surface area (Å²) in [5, 5.41) is 7.36. The summed E-state index contributed by atoms with van der Waals surface area (Å²) in [6, 6.07) is 10.0. The third kappa shape index (κ3) is 3.95. The van der Waals surface area contributed by atoms with Gasteiger partial charge in [-0.3, -0.25) is 9.59 Å². The van der Waals surface area contributed by atoms with Gasteiger partial charge >= 0.3 is 0 Å². The molecule has 8 heteroatoms. The highest BCUT2D eigenvalue weighted by molar-refractivity contribution is 6.30. The van der Waals surface area contributed by atoms with Gasteiger partial charge in [-0.05, 0) is 25.1 Å². The van der Waals surface area contributed by atoms with Gasteiger partial charge in [0.05, 0.1) is 6.20 Å². The number of rotatable bonds is 5. The van der Waals surface area contributed by atoms with Crippen LogP contribution in [0.5, 0.6) is 0 Å². The Morgan fingerprint density at radius 3 is 2.92 bits per heavy atom. The van der Waals surface area contributed by atoms with Gasteiger partial charge in [-0.25, -0.2) is 9.67 Å². The molecule has 128 valence electrons. The molecule has 3 rings (SSSR count). The lowest BCUT2D eigenvalue weighted by molar-refractivity contribution is -0.121. The van der Waals surface area contributed by atoms with Gasteiger partial charge in [0.1, 0.15) is 12.2 Å². The lowest BCUT2D eigenvalue weighted by Crippen LogP contribution is -2.33. The molecule has 0 aliphatic carbocycles. The number of hydrogen-bond acceptors (Lipinski definition) is 5. The number of carbonyl (C=O) groups is 1. The Bertz CT molecular complexity index is 964. The maximum Gasteiger partial charge on any atom is 0.267 e. The van der Waals surface area contributed by atoms with E-state index in [2.05, 4.69) is 15.4 Å². The Kier molecular flexibility index (Phi) is 4.95. The number of benzene rings is 1. The van der Waals surface area contributed by atoms with E-state index in [9.17, 15) is 9.59 Å². The molecule has 0 fully saturated rings. The number of likely N-dealkylation sites (N-methyl/N-ethyl adjacent to an activating group) is 1. The molecular weight excluding hydrogens is 344 g/mol. The lowest BCUT2D eigenvalue weighted by Gasteiger charge is -2.05. The van der Waals surface area contributed by atoms with Crippen LogP contribution in [-0.4, -0.2) is 27.2 Å². The van der Waals surface area contributed by atoms with Gasteiger partial charge in [0, 0.05) is 23.2 Å². The Labute approximate surface area is 148 Å². The van der Waals surface area contributed by atoms with Crippen molar-refractivity contribution in [1.29, 1.82) is 0 Å². The van der Waals surface area contributed by atoms with Crippen LogP contribution in [-0.2, 0) is 11.3 Å². The lowest BCUT2D eigenvalue weighted by atomic mass is 10.2. The van der Waals surface area contributed by atoms with Gasteiger partial charge in [-0.15, -0.1) is 0 Å². The van der Waals surface area contributed by atoms with Gasteiger partial charge < -0.3 is 9.73 Å². The molecule has 0 aliphatic heterocycles. The molecular formula is C17H15ClN4O3. The topological polar surface area (TPSA) is 90.0 Å². The van der Waals surface area contributed by atoms with E-state index in [1.807, 2.05) is 12.1 Å². The summed E-state index contributed by atoms with van der Waals surface area (Å²) < 4.78 is 6.78. The number of nitrogens with one attached hydrogen (secondary N) is 1. The molecule has 0 saturated heterocycles. The molecule has 1 aromatic carbocycles. The first-order valence-corrected chi connectivity index (χ1v) is 8.01. The highest BCUT2D eigenvalue weighted by atomic mass is 35.5. The molecule has 0 spiro atoms. The zero-order chi connectivity index (χ0) is 17.8. The molecule has 0 unspecified atom stereocenters. The zero-order valence-corrected chi connectivity index (χ0v) is 14.2. The second kappa shape index (κ2) is 7.31. The molecule has 2 aromatic heterocycles. The van der Waals surface area contributed by atoms with Crippen LogP contribution < -0.4 is 10.9 Å². The smallest absolute Gasteiger partial charge is 0.267 e. The summed E-state index contributed by atoms with van der Waals surface area (Å²) in [4.78, 5) is 27.7. The van der Waals surface area contributed by atoms with E-state index >= 15 is 0 Å². The predicted molar refractivity (Wildman–Crippen MR) is 93.1 cm³/mol. The summed E-state index contributed by atoms with van der Waals surface area (Å²) in [6.45, 7) is 2.12. The van der Waals surface area contributed by atoms with Crippen molar-refractivity contribution in [3.8, 4) is 22.9 Å². The fourth-order valence-electron chi connectivity index (χ4n) is 2.23. The van der Waals surface area contributed by atoms with Crippen LogP contribution in [0.1, 0.15) is 6.92 Å².